The Morgan fingerprint density at radius 1 is 1.59 bits per heavy atom. The Bertz CT molecular complexity index is 396. The zero-order chi connectivity index (χ0) is 11.9. The molecule has 1 aliphatic carbocycles. The van der Waals surface area contributed by atoms with Crippen molar-refractivity contribution in [2.45, 2.75) is 31.0 Å². The largest absolute Gasteiger partial charge is 0.379 e. The average Bonchev–Trinajstić information content (AvgIpc) is 2.86. The number of hydrogen-bond acceptors (Lipinski definition) is 6. The van der Waals surface area contributed by atoms with Crippen LogP contribution < -0.4 is 5.32 Å². The second kappa shape index (κ2) is 4.04. The van der Waals surface area contributed by atoms with Gasteiger partial charge in [-0.1, -0.05) is 5.16 Å². The quantitative estimate of drug-likeness (QED) is 0.789. The lowest BCUT2D eigenvalue weighted by atomic mass is 10.0. The number of aliphatic hydroxyl groups is 1. The summed E-state index contributed by atoms with van der Waals surface area (Å²) in [4.78, 5) is 4.30. The Morgan fingerprint density at radius 2 is 2.41 bits per heavy atom. The van der Waals surface area contributed by atoms with E-state index in [1.165, 1.54) is 0 Å². The van der Waals surface area contributed by atoms with Gasteiger partial charge in [0, 0.05) is 13.7 Å². The summed E-state index contributed by atoms with van der Waals surface area (Å²) in [7, 11) is 1.66. The molecular formula is C11H17N3O3. The van der Waals surface area contributed by atoms with Crippen molar-refractivity contribution in [3.63, 3.8) is 0 Å². The van der Waals surface area contributed by atoms with E-state index in [0.717, 1.165) is 19.4 Å². The Labute approximate surface area is 99.3 Å². The van der Waals surface area contributed by atoms with Gasteiger partial charge in [0.2, 0.25) is 5.82 Å². The molecule has 0 amide bonds. The molecule has 2 fully saturated rings. The van der Waals surface area contributed by atoms with Crippen molar-refractivity contribution >= 4 is 0 Å². The predicted octanol–water partition coefficient (Wildman–Crippen LogP) is 0.348. The molecular weight excluding hydrogens is 222 g/mol. The van der Waals surface area contributed by atoms with Crippen molar-refractivity contribution in [1.82, 2.24) is 15.5 Å². The first-order valence-corrected chi connectivity index (χ1v) is 6.03. The van der Waals surface area contributed by atoms with Crippen LogP contribution in [0.25, 0.3) is 0 Å². The van der Waals surface area contributed by atoms with Gasteiger partial charge in [0.15, 0.2) is 5.60 Å². The Hall–Kier alpha value is -0.980. The maximum atomic E-state index is 10.3. The number of nitrogens with zero attached hydrogens (tertiary/aromatic N) is 2. The van der Waals surface area contributed by atoms with Gasteiger partial charge in [-0.05, 0) is 31.7 Å². The second-order valence-electron chi connectivity index (χ2n) is 4.91. The van der Waals surface area contributed by atoms with Gasteiger partial charge in [0.25, 0.3) is 5.89 Å². The van der Waals surface area contributed by atoms with E-state index >= 15 is 0 Å². The van der Waals surface area contributed by atoms with Gasteiger partial charge < -0.3 is 19.7 Å². The van der Waals surface area contributed by atoms with Gasteiger partial charge in [-0.15, -0.1) is 0 Å². The predicted molar refractivity (Wildman–Crippen MR) is 58.2 cm³/mol. The molecule has 6 heteroatoms. The summed E-state index contributed by atoms with van der Waals surface area (Å²) >= 11 is 0. The number of nitrogens with one attached hydrogen (secondary N) is 1. The zero-order valence-corrected chi connectivity index (χ0v) is 9.85. The van der Waals surface area contributed by atoms with E-state index in [4.69, 9.17) is 9.26 Å². The lowest BCUT2D eigenvalue weighted by Crippen LogP contribution is -2.28. The smallest absolute Gasteiger partial charge is 0.260 e. The first-order valence-electron chi connectivity index (χ1n) is 6.03. The van der Waals surface area contributed by atoms with Crippen LogP contribution >= 0.6 is 0 Å². The number of aromatic nitrogens is 2. The molecule has 2 N–H and O–H groups in total. The molecule has 2 atom stereocenters. The maximum Gasteiger partial charge on any atom is 0.260 e. The van der Waals surface area contributed by atoms with Crippen LogP contribution in [0.15, 0.2) is 4.52 Å². The number of hydrogen-bond donors (Lipinski definition) is 2. The van der Waals surface area contributed by atoms with Gasteiger partial charge in [-0.3, -0.25) is 0 Å². The van der Waals surface area contributed by atoms with E-state index in [1.54, 1.807) is 7.11 Å². The molecule has 2 aliphatic rings. The molecule has 0 aromatic carbocycles. The van der Waals surface area contributed by atoms with Crippen LogP contribution in [0.4, 0.5) is 0 Å². The highest BCUT2D eigenvalue weighted by Crippen LogP contribution is 2.42. The molecule has 0 bridgehead atoms. The van der Waals surface area contributed by atoms with E-state index in [1.807, 2.05) is 0 Å². The molecule has 1 saturated carbocycles. The maximum absolute atomic E-state index is 10.3. The van der Waals surface area contributed by atoms with Crippen LogP contribution in [-0.4, -0.2) is 35.4 Å². The molecule has 1 aromatic rings. The van der Waals surface area contributed by atoms with Gasteiger partial charge in [0.1, 0.15) is 6.10 Å². The van der Waals surface area contributed by atoms with Crippen LogP contribution in [0.1, 0.15) is 37.1 Å². The zero-order valence-electron chi connectivity index (χ0n) is 9.85. The van der Waals surface area contributed by atoms with E-state index in [-0.39, 0.29) is 6.10 Å². The third-order valence-corrected chi connectivity index (χ3v) is 3.53. The minimum absolute atomic E-state index is 0.0922. The van der Waals surface area contributed by atoms with E-state index in [9.17, 15) is 5.11 Å². The normalized spacial score (nSPS) is 30.7. The molecule has 0 spiro atoms. The van der Waals surface area contributed by atoms with Gasteiger partial charge in [-0.2, -0.15) is 4.98 Å². The molecule has 6 nitrogen and oxygen atoms in total. The molecule has 2 heterocycles. The molecule has 3 rings (SSSR count). The lowest BCUT2D eigenvalue weighted by molar-refractivity contribution is 0.0242. The molecule has 17 heavy (non-hydrogen) atoms. The fraction of sp³-hybridized carbons (Fsp3) is 0.818. The van der Waals surface area contributed by atoms with Gasteiger partial charge in [-0.25, -0.2) is 0 Å². The molecule has 1 aliphatic heterocycles. The Morgan fingerprint density at radius 3 is 3.00 bits per heavy atom. The van der Waals surface area contributed by atoms with Crippen molar-refractivity contribution in [1.29, 1.82) is 0 Å². The summed E-state index contributed by atoms with van der Waals surface area (Å²) in [5.41, 5.74) is -1.01. The van der Waals surface area contributed by atoms with Crippen molar-refractivity contribution in [2.75, 3.05) is 20.2 Å². The molecule has 94 valence electrons. The minimum atomic E-state index is -1.01. The monoisotopic (exact) mass is 239 g/mol. The van der Waals surface area contributed by atoms with E-state index in [2.05, 4.69) is 15.5 Å². The fourth-order valence-electron chi connectivity index (χ4n) is 2.31. The van der Waals surface area contributed by atoms with Gasteiger partial charge >= 0.3 is 0 Å². The molecule has 1 aromatic heterocycles. The molecule has 0 radical (unpaired) electrons. The topological polar surface area (TPSA) is 80.4 Å². The van der Waals surface area contributed by atoms with Crippen molar-refractivity contribution < 1.29 is 14.4 Å². The van der Waals surface area contributed by atoms with E-state index < -0.39 is 5.60 Å². The van der Waals surface area contributed by atoms with Crippen LogP contribution in [0.5, 0.6) is 0 Å². The summed E-state index contributed by atoms with van der Waals surface area (Å²) in [6.45, 7) is 1.24. The number of β-amino-alcohol motifs (C(OH)–C–C–N with tert-alkyl or cyclic N) is 1. The number of rotatable bonds is 4. The van der Waals surface area contributed by atoms with Crippen molar-refractivity contribution in [3.8, 4) is 0 Å². The highest BCUT2D eigenvalue weighted by molar-refractivity contribution is 5.06. The highest BCUT2D eigenvalue weighted by Gasteiger charge is 2.41. The highest BCUT2D eigenvalue weighted by atomic mass is 16.5. The summed E-state index contributed by atoms with van der Waals surface area (Å²) in [6, 6.07) is 0. The first-order chi connectivity index (χ1) is 8.23. The third-order valence-electron chi connectivity index (χ3n) is 3.53. The van der Waals surface area contributed by atoms with Crippen LogP contribution in [0.2, 0.25) is 0 Å². The number of methoxy groups -OCH3 is 1. The Balaban J connectivity index is 1.81. The Kier molecular flexibility index (Phi) is 2.65. The van der Waals surface area contributed by atoms with Gasteiger partial charge in [0.05, 0.1) is 0 Å². The summed E-state index contributed by atoms with van der Waals surface area (Å²) in [5.74, 6) is 1.37. The van der Waals surface area contributed by atoms with Crippen molar-refractivity contribution in [2.24, 2.45) is 5.92 Å². The SMILES string of the molecule is COC(c1noc(C2(O)CCNC2)n1)C1CC1. The standard InChI is InChI=1S/C11H17N3O3/c1-16-8(7-2-3-7)9-13-10(17-14-9)11(15)4-5-12-6-11/h7-8,12,15H,2-6H2,1H3. The van der Waals surface area contributed by atoms with Crippen LogP contribution in [0.3, 0.4) is 0 Å². The average molecular weight is 239 g/mol. The molecule has 2 unspecified atom stereocenters. The summed E-state index contributed by atoms with van der Waals surface area (Å²) < 4.78 is 10.6. The minimum Gasteiger partial charge on any atom is -0.379 e. The van der Waals surface area contributed by atoms with Crippen molar-refractivity contribution in [3.05, 3.63) is 11.7 Å². The first kappa shape index (κ1) is 11.1. The van der Waals surface area contributed by atoms with Crippen LogP contribution in [-0.2, 0) is 10.3 Å². The van der Waals surface area contributed by atoms with Crippen LogP contribution in [0, 0.1) is 5.92 Å². The molecule has 1 saturated heterocycles. The summed E-state index contributed by atoms with van der Waals surface area (Å²) in [6.07, 6.45) is 2.81. The van der Waals surface area contributed by atoms with E-state index in [0.29, 0.717) is 30.6 Å². The summed E-state index contributed by atoms with van der Waals surface area (Å²) in [5, 5.41) is 17.3. The fourth-order valence-corrected chi connectivity index (χ4v) is 2.31. The third kappa shape index (κ3) is 1.96. The number of ether oxygens (including phenoxy) is 1. The lowest BCUT2D eigenvalue weighted by Gasteiger charge is -2.15. The second-order valence-corrected chi connectivity index (χ2v) is 4.91.